The van der Waals surface area contributed by atoms with Crippen molar-refractivity contribution in [2.24, 2.45) is 0 Å². The molecule has 25 heavy (non-hydrogen) atoms. The van der Waals surface area contributed by atoms with Crippen molar-refractivity contribution in [3.05, 3.63) is 58.1 Å². The fourth-order valence-electron chi connectivity index (χ4n) is 2.80. The van der Waals surface area contributed by atoms with Gasteiger partial charge in [0.05, 0.1) is 23.8 Å². The molecule has 5 heteroatoms. The minimum atomic E-state index is -1.20. The number of nitrogens with zero attached hydrogens (tertiary/aromatic N) is 1. The van der Waals surface area contributed by atoms with Crippen molar-refractivity contribution in [2.75, 3.05) is 6.61 Å². The van der Waals surface area contributed by atoms with Gasteiger partial charge in [-0.1, -0.05) is 22.9 Å². The fourth-order valence-corrected chi connectivity index (χ4v) is 3.16. The van der Waals surface area contributed by atoms with Crippen molar-refractivity contribution < 1.29 is 14.6 Å². The number of benzene rings is 2. The Labute approximate surface area is 154 Å². The second-order valence-electron chi connectivity index (χ2n) is 5.78. The molecule has 0 saturated carbocycles. The number of carbonyl (C=O) groups is 1. The summed E-state index contributed by atoms with van der Waals surface area (Å²) in [5.41, 5.74) is 2.86. The Bertz CT molecular complexity index is 936. The first-order valence-electron chi connectivity index (χ1n) is 8.05. The zero-order chi connectivity index (χ0) is 18.0. The first kappa shape index (κ1) is 17.4. The number of rotatable bonds is 5. The topological polar surface area (TPSA) is 62.2 Å². The van der Waals surface area contributed by atoms with Crippen molar-refractivity contribution in [2.45, 2.75) is 20.3 Å². The molecule has 0 N–H and O–H groups in total. The summed E-state index contributed by atoms with van der Waals surface area (Å²) >= 11 is 3.38. The third kappa shape index (κ3) is 3.51. The molecule has 3 aromatic rings. The van der Waals surface area contributed by atoms with Gasteiger partial charge < -0.3 is 14.6 Å². The summed E-state index contributed by atoms with van der Waals surface area (Å²) in [6.07, 6.45) is 0.942. The molecule has 1 aromatic heterocycles. The van der Waals surface area contributed by atoms with Gasteiger partial charge in [0.15, 0.2) is 0 Å². The Balaban J connectivity index is 2.14. The molecule has 1 heterocycles. The van der Waals surface area contributed by atoms with Crippen LogP contribution in [0.25, 0.3) is 22.2 Å². The molecule has 0 aliphatic rings. The highest BCUT2D eigenvalue weighted by Crippen LogP contribution is 2.31. The second kappa shape index (κ2) is 7.23. The van der Waals surface area contributed by atoms with E-state index in [1.807, 2.05) is 30.3 Å². The van der Waals surface area contributed by atoms with E-state index in [4.69, 9.17) is 4.74 Å². The van der Waals surface area contributed by atoms with Crippen LogP contribution in [0.1, 0.15) is 29.3 Å². The van der Waals surface area contributed by atoms with E-state index in [-0.39, 0.29) is 5.56 Å². The van der Waals surface area contributed by atoms with Gasteiger partial charge in [-0.15, -0.1) is 0 Å². The summed E-state index contributed by atoms with van der Waals surface area (Å²) in [5.74, 6) is -0.416. The maximum atomic E-state index is 11.7. The van der Waals surface area contributed by atoms with E-state index >= 15 is 0 Å². The van der Waals surface area contributed by atoms with E-state index in [9.17, 15) is 9.90 Å². The van der Waals surface area contributed by atoms with Crippen LogP contribution in [0.15, 0.2) is 46.9 Å². The Kier molecular flexibility index (Phi) is 5.04. The van der Waals surface area contributed by atoms with Crippen LogP contribution in [0.4, 0.5) is 0 Å². The summed E-state index contributed by atoms with van der Waals surface area (Å²) in [6, 6.07) is 12.9. The lowest BCUT2D eigenvalue weighted by atomic mass is 9.98. The number of hydrogen-bond acceptors (Lipinski definition) is 4. The van der Waals surface area contributed by atoms with Crippen molar-refractivity contribution in [1.82, 2.24) is 4.98 Å². The zero-order valence-corrected chi connectivity index (χ0v) is 15.6. The van der Waals surface area contributed by atoms with Gasteiger partial charge in [-0.05, 0) is 61.4 Å². The summed E-state index contributed by atoms with van der Waals surface area (Å²) in [6.45, 7) is 4.47. The van der Waals surface area contributed by atoms with Crippen LogP contribution in [0, 0.1) is 6.92 Å². The fraction of sp³-hybridized carbons (Fsp3) is 0.200. The van der Waals surface area contributed by atoms with Gasteiger partial charge in [-0.25, -0.2) is 4.98 Å². The average Bonchev–Trinajstić information content (AvgIpc) is 2.59. The quantitative estimate of drug-likeness (QED) is 0.648. The molecule has 0 atom stereocenters. The van der Waals surface area contributed by atoms with Crippen LogP contribution < -0.4 is 9.84 Å². The van der Waals surface area contributed by atoms with Crippen LogP contribution in [-0.4, -0.2) is 17.6 Å². The highest BCUT2D eigenvalue weighted by atomic mass is 79.9. The number of carboxylic acids is 1. The molecule has 0 amide bonds. The van der Waals surface area contributed by atoms with E-state index in [1.165, 1.54) is 0 Å². The number of ether oxygens (including phenoxy) is 1. The Morgan fingerprint density at radius 1 is 1.20 bits per heavy atom. The van der Waals surface area contributed by atoms with Crippen molar-refractivity contribution in [3.63, 3.8) is 0 Å². The second-order valence-corrected chi connectivity index (χ2v) is 6.70. The Morgan fingerprint density at radius 3 is 2.56 bits per heavy atom. The zero-order valence-electron chi connectivity index (χ0n) is 14.0. The molecule has 4 nitrogen and oxygen atoms in total. The van der Waals surface area contributed by atoms with Crippen molar-refractivity contribution in [3.8, 4) is 17.0 Å². The number of hydrogen-bond donors (Lipinski definition) is 0. The standard InChI is InChI=1S/C20H18BrNO3/c1-3-10-25-15-7-4-13(5-8-15)19-12(2)18(20(23)24)16-11-14(21)6-9-17(16)22-19/h4-9,11H,3,10H2,1-2H3,(H,23,24)/p-1. The number of pyridine rings is 1. The molecule has 3 rings (SSSR count). The normalized spacial score (nSPS) is 10.8. The molecule has 0 aliphatic heterocycles. The third-order valence-corrected chi connectivity index (χ3v) is 4.49. The monoisotopic (exact) mass is 398 g/mol. The van der Waals surface area contributed by atoms with E-state index < -0.39 is 5.97 Å². The molecule has 0 radical (unpaired) electrons. The largest absolute Gasteiger partial charge is 0.545 e. The number of carbonyl (C=O) groups excluding carboxylic acids is 1. The number of aromatic nitrogens is 1. The number of halogens is 1. The van der Waals surface area contributed by atoms with Gasteiger partial charge >= 0.3 is 0 Å². The van der Waals surface area contributed by atoms with Crippen LogP contribution in [0.5, 0.6) is 5.75 Å². The van der Waals surface area contributed by atoms with E-state index in [1.54, 1.807) is 19.1 Å². The first-order chi connectivity index (χ1) is 12.0. The summed E-state index contributed by atoms with van der Waals surface area (Å²) in [5, 5.41) is 12.3. The first-order valence-corrected chi connectivity index (χ1v) is 8.85. The van der Waals surface area contributed by atoms with Crippen LogP contribution >= 0.6 is 15.9 Å². The van der Waals surface area contributed by atoms with Gasteiger partial charge in [0.2, 0.25) is 0 Å². The molecule has 0 bridgehead atoms. The summed E-state index contributed by atoms with van der Waals surface area (Å²) in [4.78, 5) is 16.4. The highest BCUT2D eigenvalue weighted by molar-refractivity contribution is 9.10. The van der Waals surface area contributed by atoms with Gasteiger partial charge in [-0.3, -0.25) is 0 Å². The average molecular weight is 399 g/mol. The third-order valence-electron chi connectivity index (χ3n) is 4.00. The molecule has 0 unspecified atom stereocenters. The molecular weight excluding hydrogens is 382 g/mol. The number of fused-ring (bicyclic) bond motifs is 1. The summed E-state index contributed by atoms with van der Waals surface area (Å²) < 4.78 is 6.39. The maximum absolute atomic E-state index is 11.7. The minimum absolute atomic E-state index is 0.174. The van der Waals surface area contributed by atoms with Gasteiger partial charge in [0.1, 0.15) is 5.75 Å². The smallest absolute Gasteiger partial charge is 0.119 e. The van der Waals surface area contributed by atoms with Crippen LogP contribution in [0.2, 0.25) is 0 Å². The van der Waals surface area contributed by atoms with Crippen molar-refractivity contribution in [1.29, 1.82) is 0 Å². The predicted molar refractivity (Wildman–Crippen MR) is 99.7 cm³/mol. The molecule has 0 spiro atoms. The van der Waals surface area contributed by atoms with Crippen molar-refractivity contribution >= 4 is 32.8 Å². The Morgan fingerprint density at radius 2 is 1.92 bits per heavy atom. The lowest BCUT2D eigenvalue weighted by molar-refractivity contribution is -0.254. The van der Waals surface area contributed by atoms with Gasteiger partial charge in [0.25, 0.3) is 0 Å². The SMILES string of the molecule is CCCOc1ccc(-c2nc3ccc(Br)cc3c(C(=O)[O-])c2C)cc1. The van der Waals surface area contributed by atoms with E-state index in [0.717, 1.165) is 22.2 Å². The molecule has 0 saturated heterocycles. The molecular formula is C20H17BrNO3-. The van der Waals surface area contributed by atoms with E-state index in [0.29, 0.717) is 28.8 Å². The lowest BCUT2D eigenvalue weighted by Gasteiger charge is -2.16. The predicted octanol–water partition coefficient (Wildman–Crippen LogP) is 4.13. The molecule has 2 aromatic carbocycles. The van der Waals surface area contributed by atoms with Gasteiger partial charge in [0, 0.05) is 21.0 Å². The maximum Gasteiger partial charge on any atom is 0.119 e. The molecule has 128 valence electrons. The number of aromatic carboxylic acids is 1. The van der Waals surface area contributed by atoms with Crippen LogP contribution in [0.3, 0.4) is 0 Å². The highest BCUT2D eigenvalue weighted by Gasteiger charge is 2.14. The molecule has 0 fully saturated rings. The summed E-state index contributed by atoms with van der Waals surface area (Å²) in [7, 11) is 0. The minimum Gasteiger partial charge on any atom is -0.545 e. The van der Waals surface area contributed by atoms with E-state index in [2.05, 4.69) is 27.8 Å². The lowest BCUT2D eigenvalue weighted by Crippen LogP contribution is -2.24. The van der Waals surface area contributed by atoms with Crippen LogP contribution in [-0.2, 0) is 0 Å². The number of carboxylic acid groups (broad SMARTS) is 1. The van der Waals surface area contributed by atoms with Gasteiger partial charge in [-0.2, -0.15) is 0 Å². The Hall–Kier alpha value is -2.40. The molecule has 0 aliphatic carbocycles.